The molecule has 0 aromatic heterocycles. The van der Waals surface area contributed by atoms with Gasteiger partial charge in [-0.3, -0.25) is 0 Å². The molecule has 0 heterocycles. The van der Waals surface area contributed by atoms with Crippen molar-refractivity contribution in [3.05, 3.63) is 35.4 Å². The standard InChI is InChI=1S/C21H29F3/c1-15-2-6-17(7-3-15)19-10-12-20(13-11-19)18-8-4-16(5-9-18)14-21(22,23)24/h4-5,8-9,15,17,19-20H,2-3,6-7,10-14H2,1H3/t15-,17-,19?,20?. The Labute approximate surface area is 143 Å². The molecule has 0 saturated heterocycles. The Kier molecular flexibility index (Phi) is 5.56. The highest BCUT2D eigenvalue weighted by Crippen LogP contribution is 2.43. The Morgan fingerprint density at radius 1 is 0.792 bits per heavy atom. The highest BCUT2D eigenvalue weighted by atomic mass is 19.4. The molecule has 0 radical (unpaired) electrons. The Bertz CT molecular complexity index is 501. The van der Waals surface area contributed by atoms with Gasteiger partial charge in [0.1, 0.15) is 0 Å². The van der Waals surface area contributed by atoms with Crippen LogP contribution in [0.2, 0.25) is 0 Å². The van der Waals surface area contributed by atoms with Crippen LogP contribution in [0.25, 0.3) is 0 Å². The zero-order chi connectivity index (χ0) is 17.2. The first-order valence-electron chi connectivity index (χ1n) is 9.56. The zero-order valence-electron chi connectivity index (χ0n) is 14.6. The molecule has 0 atom stereocenters. The molecule has 2 aliphatic carbocycles. The van der Waals surface area contributed by atoms with Gasteiger partial charge in [-0.15, -0.1) is 0 Å². The zero-order valence-corrected chi connectivity index (χ0v) is 14.6. The van der Waals surface area contributed by atoms with E-state index in [1.165, 1.54) is 56.9 Å². The van der Waals surface area contributed by atoms with Crippen LogP contribution >= 0.6 is 0 Å². The lowest BCUT2D eigenvalue weighted by molar-refractivity contribution is -0.127. The van der Waals surface area contributed by atoms with Gasteiger partial charge < -0.3 is 0 Å². The van der Waals surface area contributed by atoms with Crippen molar-refractivity contribution in [1.29, 1.82) is 0 Å². The van der Waals surface area contributed by atoms with Crippen LogP contribution in [0.4, 0.5) is 13.2 Å². The third-order valence-corrected chi connectivity index (χ3v) is 6.35. The molecule has 2 fully saturated rings. The van der Waals surface area contributed by atoms with Gasteiger partial charge >= 0.3 is 6.18 Å². The van der Waals surface area contributed by atoms with Crippen LogP contribution in [-0.4, -0.2) is 6.18 Å². The van der Waals surface area contributed by atoms with Crippen molar-refractivity contribution >= 4 is 0 Å². The summed E-state index contributed by atoms with van der Waals surface area (Å²) in [5, 5.41) is 0. The maximum Gasteiger partial charge on any atom is 0.393 e. The summed E-state index contributed by atoms with van der Waals surface area (Å²) in [4.78, 5) is 0. The van der Waals surface area contributed by atoms with E-state index >= 15 is 0 Å². The molecule has 134 valence electrons. The highest BCUT2D eigenvalue weighted by Gasteiger charge is 2.31. The lowest BCUT2D eigenvalue weighted by atomic mass is 9.68. The van der Waals surface area contributed by atoms with Crippen molar-refractivity contribution in [2.45, 2.75) is 76.8 Å². The smallest absolute Gasteiger partial charge is 0.171 e. The average molecular weight is 338 g/mol. The van der Waals surface area contributed by atoms with Gasteiger partial charge in [0.2, 0.25) is 0 Å². The van der Waals surface area contributed by atoms with Crippen molar-refractivity contribution in [1.82, 2.24) is 0 Å². The van der Waals surface area contributed by atoms with Gasteiger partial charge in [0.15, 0.2) is 0 Å². The summed E-state index contributed by atoms with van der Waals surface area (Å²) < 4.78 is 37.3. The number of hydrogen-bond acceptors (Lipinski definition) is 0. The normalized spacial score (nSPS) is 31.8. The third-order valence-electron chi connectivity index (χ3n) is 6.35. The van der Waals surface area contributed by atoms with Crippen molar-refractivity contribution < 1.29 is 13.2 Å². The summed E-state index contributed by atoms with van der Waals surface area (Å²) in [5.74, 6) is 3.27. The summed E-state index contributed by atoms with van der Waals surface area (Å²) in [6.07, 6.45) is 5.67. The van der Waals surface area contributed by atoms with Gasteiger partial charge in [0, 0.05) is 0 Å². The predicted octanol–water partition coefficient (Wildman–Crippen LogP) is 6.89. The van der Waals surface area contributed by atoms with Crippen LogP contribution in [0.3, 0.4) is 0 Å². The molecular weight excluding hydrogens is 309 g/mol. The minimum Gasteiger partial charge on any atom is -0.171 e. The van der Waals surface area contributed by atoms with E-state index in [0.717, 1.165) is 17.8 Å². The minimum atomic E-state index is -4.11. The first-order chi connectivity index (χ1) is 11.4. The molecule has 0 bridgehead atoms. The summed E-state index contributed by atoms with van der Waals surface area (Å²) in [6, 6.07) is 7.18. The molecule has 0 nitrogen and oxygen atoms in total. The van der Waals surface area contributed by atoms with Crippen molar-refractivity contribution in [3.8, 4) is 0 Å². The third kappa shape index (κ3) is 4.77. The van der Waals surface area contributed by atoms with Crippen LogP contribution in [0.1, 0.15) is 75.3 Å². The van der Waals surface area contributed by atoms with Crippen LogP contribution in [0.5, 0.6) is 0 Å². The first-order valence-corrected chi connectivity index (χ1v) is 9.56. The van der Waals surface area contributed by atoms with E-state index in [4.69, 9.17) is 0 Å². The van der Waals surface area contributed by atoms with Gasteiger partial charge in [-0.25, -0.2) is 0 Å². The lowest BCUT2D eigenvalue weighted by Crippen LogP contribution is -2.24. The summed E-state index contributed by atoms with van der Waals surface area (Å²) >= 11 is 0. The van der Waals surface area contributed by atoms with Crippen molar-refractivity contribution in [2.24, 2.45) is 17.8 Å². The van der Waals surface area contributed by atoms with Crippen molar-refractivity contribution in [3.63, 3.8) is 0 Å². The first kappa shape index (κ1) is 17.8. The molecule has 1 aromatic carbocycles. The topological polar surface area (TPSA) is 0 Å². The van der Waals surface area contributed by atoms with E-state index in [9.17, 15) is 13.2 Å². The molecule has 0 aliphatic heterocycles. The largest absolute Gasteiger partial charge is 0.393 e. The Morgan fingerprint density at radius 2 is 1.29 bits per heavy atom. The van der Waals surface area contributed by atoms with Gasteiger partial charge in [-0.05, 0) is 73.3 Å². The minimum absolute atomic E-state index is 0.372. The number of alkyl halides is 3. The molecule has 2 saturated carbocycles. The Morgan fingerprint density at radius 3 is 1.79 bits per heavy atom. The van der Waals surface area contributed by atoms with E-state index in [2.05, 4.69) is 6.92 Å². The monoisotopic (exact) mass is 338 g/mol. The fourth-order valence-corrected chi connectivity index (χ4v) is 4.82. The van der Waals surface area contributed by atoms with E-state index < -0.39 is 12.6 Å². The van der Waals surface area contributed by atoms with Gasteiger partial charge in [-0.1, -0.05) is 44.0 Å². The second-order valence-corrected chi connectivity index (χ2v) is 8.17. The van der Waals surface area contributed by atoms with Crippen molar-refractivity contribution in [2.75, 3.05) is 0 Å². The maximum atomic E-state index is 12.4. The quantitative estimate of drug-likeness (QED) is 0.563. The molecular formula is C21H29F3. The van der Waals surface area contributed by atoms with E-state index in [-0.39, 0.29) is 0 Å². The Balaban J connectivity index is 1.51. The van der Waals surface area contributed by atoms with E-state index in [1.807, 2.05) is 12.1 Å². The second kappa shape index (κ2) is 7.49. The van der Waals surface area contributed by atoms with E-state index in [0.29, 0.717) is 11.5 Å². The molecule has 2 aliphatic rings. The number of rotatable bonds is 3. The van der Waals surface area contributed by atoms with E-state index in [1.54, 1.807) is 12.1 Å². The molecule has 3 heteroatoms. The SMILES string of the molecule is C[C@H]1CC[C@H](C2CCC(c3ccc(CC(F)(F)F)cc3)CC2)CC1. The van der Waals surface area contributed by atoms with Gasteiger partial charge in [0.25, 0.3) is 0 Å². The number of halogens is 3. The fraction of sp³-hybridized carbons (Fsp3) is 0.714. The Hall–Kier alpha value is -0.990. The van der Waals surface area contributed by atoms with Crippen LogP contribution in [0.15, 0.2) is 24.3 Å². The second-order valence-electron chi connectivity index (χ2n) is 8.17. The predicted molar refractivity (Wildman–Crippen MR) is 92.0 cm³/mol. The molecule has 0 amide bonds. The molecule has 24 heavy (non-hydrogen) atoms. The highest BCUT2D eigenvalue weighted by molar-refractivity contribution is 5.26. The van der Waals surface area contributed by atoms with Crippen LogP contribution in [0, 0.1) is 17.8 Å². The maximum absolute atomic E-state index is 12.4. The molecule has 1 aromatic rings. The lowest BCUT2D eigenvalue weighted by Gasteiger charge is -2.37. The van der Waals surface area contributed by atoms with Crippen LogP contribution < -0.4 is 0 Å². The summed E-state index contributed by atoms with van der Waals surface area (Å²) in [6.45, 7) is 2.37. The fourth-order valence-electron chi connectivity index (χ4n) is 4.82. The molecule has 3 rings (SSSR count). The van der Waals surface area contributed by atoms with Gasteiger partial charge in [-0.2, -0.15) is 13.2 Å². The summed E-state index contributed by atoms with van der Waals surface area (Å²) in [7, 11) is 0. The average Bonchev–Trinajstić information content (AvgIpc) is 2.55. The number of hydrogen-bond donors (Lipinski definition) is 0. The van der Waals surface area contributed by atoms with Crippen LogP contribution in [-0.2, 0) is 6.42 Å². The molecule has 0 spiro atoms. The molecule has 0 N–H and O–H groups in total. The number of benzene rings is 1. The summed E-state index contributed by atoms with van der Waals surface area (Å²) in [5.41, 5.74) is 1.60. The molecule has 0 unspecified atom stereocenters. The van der Waals surface area contributed by atoms with Gasteiger partial charge in [0.05, 0.1) is 6.42 Å².